The molecule has 0 aliphatic carbocycles. The van der Waals surface area contributed by atoms with Gasteiger partial charge < -0.3 is 9.32 Å². The van der Waals surface area contributed by atoms with E-state index in [1.807, 2.05) is 17.4 Å². The summed E-state index contributed by atoms with van der Waals surface area (Å²) in [5.74, 6) is 0. The minimum absolute atomic E-state index is 0.905. The molecule has 0 bridgehead atoms. The molecular formula is C52H33NOS. The van der Waals surface area contributed by atoms with Gasteiger partial charge in [0.1, 0.15) is 11.2 Å². The molecule has 55 heavy (non-hydrogen) atoms. The fraction of sp³-hybridized carbons (Fsp3) is 0. The standard InChI is InChI=1S/C52H33NOS/c1-2-12-34(13-3-1)35-24-28-39(29-25-35)53(41-16-10-15-37(32-41)42-20-11-23-49-50(42)45-19-7-9-22-48(45)55-49)40-30-26-36(27-31-40)46-33-38-14-4-5-17-43(38)52-51(46)44-18-6-8-21-47(44)54-52/h1-33H. The van der Waals surface area contributed by atoms with Crippen LogP contribution in [0.4, 0.5) is 17.1 Å². The van der Waals surface area contributed by atoms with Crippen LogP contribution in [-0.4, -0.2) is 0 Å². The molecule has 0 spiro atoms. The Morgan fingerprint density at radius 1 is 0.364 bits per heavy atom. The van der Waals surface area contributed by atoms with Crippen LogP contribution in [-0.2, 0) is 0 Å². The van der Waals surface area contributed by atoms with Gasteiger partial charge in [0.15, 0.2) is 0 Å². The molecule has 0 amide bonds. The van der Waals surface area contributed by atoms with Gasteiger partial charge in [-0.2, -0.15) is 0 Å². The van der Waals surface area contributed by atoms with Crippen LogP contribution in [0.15, 0.2) is 205 Å². The lowest BCUT2D eigenvalue weighted by molar-refractivity contribution is 0.673. The molecule has 2 aromatic heterocycles. The summed E-state index contributed by atoms with van der Waals surface area (Å²) in [6.07, 6.45) is 0. The lowest BCUT2D eigenvalue weighted by Crippen LogP contribution is -2.10. The van der Waals surface area contributed by atoms with Crippen LogP contribution in [0.5, 0.6) is 0 Å². The summed E-state index contributed by atoms with van der Waals surface area (Å²) in [5, 5.41) is 7.20. The summed E-state index contributed by atoms with van der Waals surface area (Å²) in [6.45, 7) is 0. The molecule has 0 saturated heterocycles. The third-order valence-electron chi connectivity index (χ3n) is 10.9. The van der Waals surface area contributed by atoms with Gasteiger partial charge in [0.2, 0.25) is 0 Å². The normalized spacial score (nSPS) is 11.6. The molecule has 0 saturated carbocycles. The first-order valence-electron chi connectivity index (χ1n) is 18.7. The van der Waals surface area contributed by atoms with E-state index in [1.165, 1.54) is 53.4 Å². The van der Waals surface area contributed by atoms with Gasteiger partial charge >= 0.3 is 0 Å². The number of rotatable bonds is 6. The second-order valence-corrected chi connectivity index (χ2v) is 15.2. The van der Waals surface area contributed by atoms with E-state index >= 15 is 0 Å². The molecule has 2 nitrogen and oxygen atoms in total. The van der Waals surface area contributed by atoms with E-state index in [1.54, 1.807) is 0 Å². The summed E-state index contributed by atoms with van der Waals surface area (Å²) in [6, 6.07) is 72.1. The van der Waals surface area contributed by atoms with E-state index in [4.69, 9.17) is 4.42 Å². The monoisotopic (exact) mass is 719 g/mol. The third kappa shape index (κ3) is 5.32. The van der Waals surface area contributed by atoms with Gasteiger partial charge in [-0.05, 0) is 99.4 Å². The van der Waals surface area contributed by atoms with Gasteiger partial charge in [-0.3, -0.25) is 0 Å². The molecule has 0 aliphatic rings. The topological polar surface area (TPSA) is 16.4 Å². The zero-order chi connectivity index (χ0) is 36.3. The summed E-state index contributed by atoms with van der Waals surface area (Å²) in [5.41, 5.74) is 12.3. The van der Waals surface area contributed by atoms with E-state index in [-0.39, 0.29) is 0 Å². The van der Waals surface area contributed by atoms with Gasteiger partial charge in [-0.1, -0.05) is 140 Å². The first kappa shape index (κ1) is 31.6. The van der Waals surface area contributed by atoms with Crippen LogP contribution in [0.1, 0.15) is 0 Å². The van der Waals surface area contributed by atoms with Crippen molar-refractivity contribution in [1.29, 1.82) is 0 Å². The van der Waals surface area contributed by atoms with Crippen LogP contribution >= 0.6 is 11.3 Å². The van der Waals surface area contributed by atoms with Crippen molar-refractivity contribution in [1.82, 2.24) is 0 Å². The predicted octanol–water partition coefficient (Wildman–Crippen LogP) is 15.6. The largest absolute Gasteiger partial charge is 0.455 e. The van der Waals surface area contributed by atoms with E-state index in [9.17, 15) is 0 Å². The molecule has 0 radical (unpaired) electrons. The number of para-hydroxylation sites is 1. The highest BCUT2D eigenvalue weighted by Crippen LogP contribution is 2.45. The van der Waals surface area contributed by atoms with E-state index in [0.717, 1.165) is 50.0 Å². The van der Waals surface area contributed by atoms with E-state index < -0.39 is 0 Å². The number of benzene rings is 9. The molecule has 0 unspecified atom stereocenters. The summed E-state index contributed by atoms with van der Waals surface area (Å²) in [4.78, 5) is 2.37. The van der Waals surface area contributed by atoms with Crippen molar-refractivity contribution in [3.8, 4) is 33.4 Å². The Morgan fingerprint density at radius 2 is 0.982 bits per heavy atom. The van der Waals surface area contributed by atoms with Crippen molar-refractivity contribution >= 4 is 81.3 Å². The third-order valence-corrected chi connectivity index (χ3v) is 12.0. The minimum Gasteiger partial charge on any atom is -0.455 e. The maximum Gasteiger partial charge on any atom is 0.143 e. The number of anilines is 3. The smallest absolute Gasteiger partial charge is 0.143 e. The Balaban J connectivity index is 1.07. The fourth-order valence-corrected chi connectivity index (χ4v) is 9.42. The number of furan rings is 1. The Labute approximate surface area is 322 Å². The first-order chi connectivity index (χ1) is 27.3. The Morgan fingerprint density at radius 3 is 1.80 bits per heavy atom. The average molecular weight is 720 g/mol. The fourth-order valence-electron chi connectivity index (χ4n) is 8.29. The van der Waals surface area contributed by atoms with Crippen LogP contribution in [0.2, 0.25) is 0 Å². The highest BCUT2D eigenvalue weighted by molar-refractivity contribution is 7.25. The van der Waals surface area contributed by atoms with Crippen molar-refractivity contribution < 1.29 is 4.42 Å². The summed E-state index contributed by atoms with van der Waals surface area (Å²) < 4.78 is 9.15. The van der Waals surface area contributed by atoms with Gasteiger partial charge in [0.25, 0.3) is 0 Å². The number of hydrogen-bond acceptors (Lipinski definition) is 3. The lowest BCUT2D eigenvalue weighted by Gasteiger charge is -2.26. The van der Waals surface area contributed by atoms with Crippen LogP contribution in [0.25, 0.3) is 86.3 Å². The highest BCUT2D eigenvalue weighted by atomic mass is 32.1. The van der Waals surface area contributed by atoms with Crippen molar-refractivity contribution in [2.24, 2.45) is 0 Å². The number of fused-ring (bicyclic) bond motifs is 8. The zero-order valence-electron chi connectivity index (χ0n) is 29.8. The van der Waals surface area contributed by atoms with Crippen LogP contribution < -0.4 is 4.90 Å². The molecular weight excluding hydrogens is 687 g/mol. The summed E-state index contributed by atoms with van der Waals surface area (Å²) in [7, 11) is 0. The highest BCUT2D eigenvalue weighted by Gasteiger charge is 2.19. The molecule has 258 valence electrons. The van der Waals surface area contributed by atoms with Crippen molar-refractivity contribution in [3.63, 3.8) is 0 Å². The average Bonchev–Trinajstić information content (AvgIpc) is 3.84. The predicted molar refractivity (Wildman–Crippen MR) is 235 cm³/mol. The van der Waals surface area contributed by atoms with Gasteiger partial charge in [0, 0.05) is 53.4 Å². The molecule has 0 aliphatic heterocycles. The van der Waals surface area contributed by atoms with E-state index in [2.05, 4.69) is 199 Å². The van der Waals surface area contributed by atoms with E-state index in [0.29, 0.717) is 0 Å². The Bertz CT molecular complexity index is 3190. The molecule has 0 fully saturated rings. The SMILES string of the molecule is c1ccc(-c2ccc(N(c3ccc(-c4cc5ccccc5c5oc6ccccc6c45)cc3)c3cccc(-c4cccc5sc6ccccc6c45)c3)cc2)cc1. The molecule has 2 heterocycles. The minimum atomic E-state index is 0.905. The quantitative estimate of drug-likeness (QED) is 0.170. The molecule has 0 atom stereocenters. The van der Waals surface area contributed by atoms with Crippen LogP contribution in [0.3, 0.4) is 0 Å². The Hall–Kier alpha value is -6.94. The number of nitrogens with zero attached hydrogens (tertiary/aromatic N) is 1. The van der Waals surface area contributed by atoms with Gasteiger partial charge in [-0.25, -0.2) is 0 Å². The van der Waals surface area contributed by atoms with Gasteiger partial charge in [-0.15, -0.1) is 11.3 Å². The second-order valence-electron chi connectivity index (χ2n) is 14.1. The maximum atomic E-state index is 6.53. The Kier molecular flexibility index (Phi) is 7.39. The van der Waals surface area contributed by atoms with Gasteiger partial charge in [0.05, 0.1) is 0 Å². The maximum absolute atomic E-state index is 6.53. The van der Waals surface area contributed by atoms with Crippen molar-refractivity contribution in [2.75, 3.05) is 4.90 Å². The molecule has 9 aromatic carbocycles. The molecule has 11 rings (SSSR count). The van der Waals surface area contributed by atoms with Crippen molar-refractivity contribution in [2.45, 2.75) is 0 Å². The first-order valence-corrected chi connectivity index (χ1v) is 19.5. The van der Waals surface area contributed by atoms with Crippen LogP contribution in [0, 0.1) is 0 Å². The lowest BCUT2D eigenvalue weighted by atomic mass is 9.95. The number of thiophene rings is 1. The van der Waals surface area contributed by atoms with Crippen molar-refractivity contribution in [3.05, 3.63) is 200 Å². The second kappa shape index (κ2) is 12.9. The molecule has 3 heteroatoms. The number of hydrogen-bond donors (Lipinski definition) is 0. The summed E-state index contributed by atoms with van der Waals surface area (Å²) >= 11 is 1.86. The molecule has 11 aromatic rings. The zero-order valence-corrected chi connectivity index (χ0v) is 30.6. The molecule has 0 N–H and O–H groups in total.